The van der Waals surface area contributed by atoms with Crippen LogP contribution in [0.3, 0.4) is 0 Å². The third kappa shape index (κ3) is 1.94. The van der Waals surface area contributed by atoms with Crippen LogP contribution in [0.2, 0.25) is 0 Å². The molecule has 1 aliphatic rings. The average Bonchev–Trinajstić information content (AvgIpc) is 2.60. The second kappa shape index (κ2) is 3.98. The molecule has 0 aliphatic carbocycles. The van der Waals surface area contributed by atoms with Gasteiger partial charge in [0.15, 0.2) is 0 Å². The molecule has 15 heavy (non-hydrogen) atoms. The van der Waals surface area contributed by atoms with E-state index in [1.165, 1.54) is 11.1 Å². The summed E-state index contributed by atoms with van der Waals surface area (Å²) in [4.78, 5) is 0. The van der Waals surface area contributed by atoms with Crippen molar-refractivity contribution >= 4 is 12.4 Å². The summed E-state index contributed by atoms with van der Waals surface area (Å²) in [7, 11) is -2.13. The Morgan fingerprint density at radius 3 is 2.67 bits per heavy atom. The lowest BCUT2D eigenvalue weighted by Crippen LogP contribution is -2.12. The van der Waals surface area contributed by atoms with E-state index in [1.807, 2.05) is 18.2 Å². The lowest BCUT2D eigenvalue weighted by molar-refractivity contribution is 0.585. The fraction of sp³-hybridized carbons (Fsp3) is 0.385. The minimum absolute atomic E-state index is 0.760. The van der Waals surface area contributed by atoms with Crippen LogP contribution in [0.5, 0.6) is 0 Å². The summed E-state index contributed by atoms with van der Waals surface area (Å²) in [6, 6.07) is 8.18. The highest BCUT2D eigenvalue weighted by Gasteiger charge is 2.29. The Hall–Kier alpha value is -0.810. The first-order chi connectivity index (χ1) is 7.15. The van der Waals surface area contributed by atoms with Crippen molar-refractivity contribution in [2.45, 2.75) is 20.3 Å². The number of benzene rings is 1. The molecule has 0 radical (unpaired) electrons. The zero-order chi connectivity index (χ0) is 10.9. The molecule has 2 rings (SSSR count). The molecule has 0 N–H and O–H groups in total. The number of rotatable bonds is 2. The van der Waals surface area contributed by atoms with Crippen molar-refractivity contribution in [3.63, 3.8) is 0 Å². The van der Waals surface area contributed by atoms with Crippen LogP contribution in [-0.2, 0) is 11.0 Å². The zero-order valence-corrected chi connectivity index (χ0v) is 10.3. The summed E-state index contributed by atoms with van der Waals surface area (Å²) >= 11 is 0. The summed E-state index contributed by atoms with van der Waals surface area (Å²) in [5.74, 6) is 0. The van der Waals surface area contributed by atoms with E-state index in [4.69, 9.17) is 0 Å². The second-order valence-electron chi connectivity index (χ2n) is 4.26. The fourth-order valence-corrected chi connectivity index (χ4v) is 5.38. The molecule has 1 atom stereocenters. The molecule has 1 heterocycles. The van der Waals surface area contributed by atoms with Gasteiger partial charge in [0.05, 0.1) is 0 Å². The van der Waals surface area contributed by atoms with Crippen molar-refractivity contribution in [2.75, 3.05) is 12.3 Å². The van der Waals surface area contributed by atoms with Crippen LogP contribution in [0.25, 0.3) is 0 Å². The van der Waals surface area contributed by atoms with E-state index >= 15 is 0 Å². The molecule has 0 bridgehead atoms. The third-order valence-corrected chi connectivity index (χ3v) is 6.15. The molecule has 0 fully saturated rings. The van der Waals surface area contributed by atoms with Gasteiger partial charge in [-0.2, -0.15) is 0 Å². The Morgan fingerprint density at radius 2 is 2.07 bits per heavy atom. The molecule has 0 amide bonds. The SMILES string of the molecule is CCc1ccccc1P1(=O)CC=C(C)C1. The first kappa shape index (κ1) is 10.7. The maximum Gasteiger partial charge on any atom is 0.123 e. The van der Waals surface area contributed by atoms with Crippen LogP contribution in [0.1, 0.15) is 19.4 Å². The van der Waals surface area contributed by atoms with Crippen molar-refractivity contribution in [1.82, 2.24) is 0 Å². The number of hydrogen-bond acceptors (Lipinski definition) is 1. The lowest BCUT2D eigenvalue weighted by Gasteiger charge is -2.15. The van der Waals surface area contributed by atoms with Crippen LogP contribution in [0.15, 0.2) is 35.9 Å². The number of allylic oxidation sites excluding steroid dienone is 2. The van der Waals surface area contributed by atoms with Crippen molar-refractivity contribution in [3.05, 3.63) is 41.5 Å². The summed E-state index contributed by atoms with van der Waals surface area (Å²) < 4.78 is 12.8. The monoisotopic (exact) mass is 220 g/mol. The highest BCUT2D eigenvalue weighted by atomic mass is 31.2. The zero-order valence-electron chi connectivity index (χ0n) is 9.36. The van der Waals surface area contributed by atoms with Crippen LogP contribution in [-0.4, -0.2) is 12.3 Å². The van der Waals surface area contributed by atoms with Gasteiger partial charge in [-0.15, -0.1) is 0 Å². The molecule has 0 aromatic heterocycles. The minimum Gasteiger partial charge on any atom is -0.318 e. The highest BCUT2D eigenvalue weighted by Crippen LogP contribution is 2.50. The fourth-order valence-electron chi connectivity index (χ4n) is 2.23. The predicted octanol–water partition coefficient (Wildman–Crippen LogP) is 3.20. The first-order valence-electron chi connectivity index (χ1n) is 5.48. The third-order valence-electron chi connectivity index (χ3n) is 3.05. The largest absolute Gasteiger partial charge is 0.318 e. The maximum absolute atomic E-state index is 12.8. The number of aryl methyl sites for hydroxylation is 1. The van der Waals surface area contributed by atoms with Gasteiger partial charge >= 0.3 is 0 Å². The van der Waals surface area contributed by atoms with E-state index < -0.39 is 7.14 Å². The van der Waals surface area contributed by atoms with Crippen LogP contribution in [0.4, 0.5) is 0 Å². The summed E-state index contributed by atoms with van der Waals surface area (Å²) in [5.41, 5.74) is 2.54. The van der Waals surface area contributed by atoms with Gasteiger partial charge < -0.3 is 4.57 Å². The van der Waals surface area contributed by atoms with Crippen LogP contribution in [0, 0.1) is 0 Å². The topological polar surface area (TPSA) is 17.1 Å². The minimum atomic E-state index is -2.13. The van der Waals surface area contributed by atoms with Gasteiger partial charge in [-0.3, -0.25) is 0 Å². The summed E-state index contributed by atoms with van der Waals surface area (Å²) in [5, 5.41) is 1.11. The summed E-state index contributed by atoms with van der Waals surface area (Å²) in [6.07, 6.45) is 4.65. The van der Waals surface area contributed by atoms with Gasteiger partial charge in [0.2, 0.25) is 0 Å². The van der Waals surface area contributed by atoms with Gasteiger partial charge in [0.25, 0.3) is 0 Å². The molecular weight excluding hydrogens is 203 g/mol. The second-order valence-corrected chi connectivity index (χ2v) is 7.20. The highest BCUT2D eigenvalue weighted by molar-refractivity contribution is 7.72. The van der Waals surface area contributed by atoms with Gasteiger partial charge in [0, 0.05) is 17.6 Å². The Balaban J connectivity index is 2.42. The van der Waals surface area contributed by atoms with E-state index in [1.54, 1.807) is 0 Å². The smallest absolute Gasteiger partial charge is 0.123 e. The normalized spacial score (nSPS) is 25.3. The Morgan fingerprint density at radius 1 is 1.33 bits per heavy atom. The van der Waals surface area contributed by atoms with E-state index in [9.17, 15) is 4.57 Å². The molecule has 1 aliphatic heterocycles. The first-order valence-corrected chi connectivity index (χ1v) is 7.55. The van der Waals surface area contributed by atoms with Crippen LogP contribution < -0.4 is 5.30 Å². The van der Waals surface area contributed by atoms with E-state index in [0.29, 0.717) is 0 Å². The van der Waals surface area contributed by atoms with Crippen molar-refractivity contribution in [1.29, 1.82) is 0 Å². The predicted molar refractivity (Wildman–Crippen MR) is 66.6 cm³/mol. The molecule has 1 unspecified atom stereocenters. The number of hydrogen-bond donors (Lipinski definition) is 0. The molecule has 0 saturated carbocycles. The van der Waals surface area contributed by atoms with Crippen molar-refractivity contribution in [2.24, 2.45) is 0 Å². The van der Waals surface area contributed by atoms with Gasteiger partial charge in [0.1, 0.15) is 7.14 Å². The van der Waals surface area contributed by atoms with E-state index in [2.05, 4.69) is 26.0 Å². The maximum atomic E-state index is 12.8. The molecule has 1 nitrogen and oxygen atoms in total. The Labute approximate surface area is 91.6 Å². The molecule has 0 spiro atoms. The molecular formula is C13H17OP. The molecule has 80 valence electrons. The van der Waals surface area contributed by atoms with E-state index in [-0.39, 0.29) is 0 Å². The quantitative estimate of drug-likeness (QED) is 0.552. The molecule has 1 aromatic rings. The average molecular weight is 220 g/mol. The summed E-state index contributed by atoms with van der Waals surface area (Å²) in [6.45, 7) is 4.20. The van der Waals surface area contributed by atoms with Crippen molar-refractivity contribution < 1.29 is 4.57 Å². The van der Waals surface area contributed by atoms with Gasteiger partial charge in [-0.25, -0.2) is 0 Å². The van der Waals surface area contributed by atoms with Gasteiger partial charge in [-0.05, 0) is 18.9 Å². The van der Waals surface area contributed by atoms with Crippen LogP contribution >= 0.6 is 7.14 Å². The lowest BCUT2D eigenvalue weighted by atomic mass is 10.2. The Bertz CT molecular complexity index is 446. The van der Waals surface area contributed by atoms with E-state index in [0.717, 1.165) is 24.0 Å². The molecule has 0 saturated heterocycles. The standard InChI is InChI=1S/C13H17OP/c1-3-12-6-4-5-7-13(12)15(14)9-8-11(2)10-15/h4-8H,3,9-10H2,1-2H3. The van der Waals surface area contributed by atoms with Crippen molar-refractivity contribution in [3.8, 4) is 0 Å². The Kier molecular flexibility index (Phi) is 2.84. The molecule has 1 aromatic carbocycles. The van der Waals surface area contributed by atoms with Gasteiger partial charge in [-0.1, -0.05) is 42.8 Å². The molecule has 2 heteroatoms.